The van der Waals surface area contributed by atoms with Crippen LogP contribution >= 0.6 is 0 Å². The van der Waals surface area contributed by atoms with E-state index in [1.54, 1.807) is 0 Å². The van der Waals surface area contributed by atoms with Gasteiger partial charge in [-0.15, -0.1) is 0 Å². The van der Waals surface area contributed by atoms with E-state index in [1.165, 1.54) is 10.6 Å². The average molecular weight is 368 g/mol. The molecule has 0 aromatic heterocycles. The highest BCUT2D eigenvalue weighted by Crippen LogP contribution is 2.12. The van der Waals surface area contributed by atoms with Crippen LogP contribution in [0.5, 0.6) is 0 Å². The SMILES string of the molecule is CCCCCNC(=O)c1cccc(CN2CCN(S(C)(=O)=O)CC2)c1. The molecular formula is C18H29N3O3S. The number of amides is 1. The second kappa shape index (κ2) is 9.31. The molecule has 1 fully saturated rings. The van der Waals surface area contributed by atoms with Crippen molar-refractivity contribution in [1.82, 2.24) is 14.5 Å². The molecule has 7 heteroatoms. The van der Waals surface area contributed by atoms with Gasteiger partial charge in [-0.3, -0.25) is 9.69 Å². The van der Waals surface area contributed by atoms with E-state index in [4.69, 9.17) is 0 Å². The maximum Gasteiger partial charge on any atom is 0.251 e. The Balaban J connectivity index is 1.86. The summed E-state index contributed by atoms with van der Waals surface area (Å²) in [4.78, 5) is 14.4. The lowest BCUT2D eigenvalue weighted by Gasteiger charge is -2.33. The molecule has 1 heterocycles. The van der Waals surface area contributed by atoms with Gasteiger partial charge in [-0.25, -0.2) is 8.42 Å². The lowest BCUT2D eigenvalue weighted by molar-refractivity contribution is 0.0952. The Labute approximate surface area is 151 Å². The van der Waals surface area contributed by atoms with E-state index in [1.807, 2.05) is 24.3 Å². The van der Waals surface area contributed by atoms with Gasteiger partial charge < -0.3 is 5.32 Å². The number of hydrogen-bond acceptors (Lipinski definition) is 4. The highest BCUT2D eigenvalue weighted by molar-refractivity contribution is 7.88. The first-order valence-electron chi connectivity index (χ1n) is 8.94. The third-order valence-electron chi connectivity index (χ3n) is 4.46. The summed E-state index contributed by atoms with van der Waals surface area (Å²) < 4.78 is 24.6. The third kappa shape index (κ3) is 6.41. The van der Waals surface area contributed by atoms with Crippen LogP contribution in [-0.4, -0.2) is 62.5 Å². The average Bonchev–Trinajstić information content (AvgIpc) is 2.58. The van der Waals surface area contributed by atoms with Crippen LogP contribution in [0.1, 0.15) is 42.1 Å². The van der Waals surface area contributed by atoms with E-state index in [-0.39, 0.29) is 5.91 Å². The Hall–Kier alpha value is -1.44. The number of unbranched alkanes of at least 4 members (excludes halogenated alkanes) is 2. The zero-order valence-electron chi connectivity index (χ0n) is 15.2. The normalized spacial score (nSPS) is 16.7. The first-order valence-corrected chi connectivity index (χ1v) is 10.8. The summed E-state index contributed by atoms with van der Waals surface area (Å²) in [7, 11) is -3.10. The van der Waals surface area contributed by atoms with Crippen LogP contribution < -0.4 is 5.32 Å². The molecule has 0 unspecified atom stereocenters. The number of carbonyl (C=O) groups is 1. The van der Waals surface area contributed by atoms with Gasteiger partial charge >= 0.3 is 0 Å². The van der Waals surface area contributed by atoms with Gasteiger partial charge in [-0.05, 0) is 24.1 Å². The molecule has 1 N–H and O–H groups in total. The second-order valence-electron chi connectivity index (χ2n) is 6.60. The molecule has 0 spiro atoms. The summed E-state index contributed by atoms with van der Waals surface area (Å²) in [6.07, 6.45) is 4.52. The van der Waals surface area contributed by atoms with Gasteiger partial charge in [-0.1, -0.05) is 31.9 Å². The number of sulfonamides is 1. The van der Waals surface area contributed by atoms with Crippen LogP contribution in [0.2, 0.25) is 0 Å². The van der Waals surface area contributed by atoms with Gasteiger partial charge in [0.1, 0.15) is 0 Å². The minimum atomic E-state index is -3.10. The lowest BCUT2D eigenvalue weighted by atomic mass is 10.1. The molecular weight excluding hydrogens is 338 g/mol. The van der Waals surface area contributed by atoms with Gasteiger partial charge in [0.25, 0.3) is 5.91 Å². The fraction of sp³-hybridized carbons (Fsp3) is 0.611. The number of nitrogens with zero attached hydrogens (tertiary/aromatic N) is 2. The highest BCUT2D eigenvalue weighted by atomic mass is 32.2. The summed E-state index contributed by atoms with van der Waals surface area (Å²) in [5.41, 5.74) is 1.76. The fourth-order valence-electron chi connectivity index (χ4n) is 2.97. The summed E-state index contributed by atoms with van der Waals surface area (Å²) in [6, 6.07) is 7.68. The van der Waals surface area contributed by atoms with Crippen molar-refractivity contribution < 1.29 is 13.2 Å². The third-order valence-corrected chi connectivity index (χ3v) is 5.76. The van der Waals surface area contributed by atoms with Crippen molar-refractivity contribution in [3.63, 3.8) is 0 Å². The van der Waals surface area contributed by atoms with Crippen molar-refractivity contribution in [2.45, 2.75) is 32.7 Å². The predicted molar refractivity (Wildman–Crippen MR) is 100.0 cm³/mol. The molecule has 1 saturated heterocycles. The van der Waals surface area contributed by atoms with Gasteiger partial charge in [0, 0.05) is 44.8 Å². The Morgan fingerprint density at radius 1 is 1.16 bits per heavy atom. The molecule has 25 heavy (non-hydrogen) atoms. The second-order valence-corrected chi connectivity index (χ2v) is 8.58. The molecule has 0 atom stereocenters. The summed E-state index contributed by atoms with van der Waals surface area (Å²) in [6.45, 7) is 6.05. The molecule has 1 aromatic carbocycles. The predicted octanol–water partition coefficient (Wildman–Crippen LogP) is 1.68. The Morgan fingerprint density at radius 3 is 2.52 bits per heavy atom. The van der Waals surface area contributed by atoms with Crippen molar-refractivity contribution >= 4 is 15.9 Å². The van der Waals surface area contributed by atoms with Crippen molar-refractivity contribution in [3.8, 4) is 0 Å². The van der Waals surface area contributed by atoms with Crippen LogP contribution in [-0.2, 0) is 16.6 Å². The molecule has 1 amide bonds. The van der Waals surface area contributed by atoms with Crippen LogP contribution in [0.3, 0.4) is 0 Å². The van der Waals surface area contributed by atoms with E-state index in [0.29, 0.717) is 38.3 Å². The van der Waals surface area contributed by atoms with E-state index in [2.05, 4.69) is 17.1 Å². The maximum atomic E-state index is 12.2. The number of hydrogen-bond donors (Lipinski definition) is 1. The monoisotopic (exact) mass is 367 g/mol. The first kappa shape index (κ1) is 19.9. The van der Waals surface area contributed by atoms with Gasteiger partial charge in [0.15, 0.2) is 0 Å². The van der Waals surface area contributed by atoms with Crippen LogP contribution in [0.4, 0.5) is 0 Å². The molecule has 140 valence electrons. The Kier molecular flexibility index (Phi) is 7.40. The summed E-state index contributed by atoms with van der Waals surface area (Å²) in [5, 5.41) is 2.96. The zero-order valence-corrected chi connectivity index (χ0v) is 16.0. The van der Waals surface area contributed by atoms with Crippen LogP contribution in [0.25, 0.3) is 0 Å². The van der Waals surface area contributed by atoms with Crippen LogP contribution in [0, 0.1) is 0 Å². The smallest absolute Gasteiger partial charge is 0.251 e. The maximum absolute atomic E-state index is 12.2. The number of rotatable bonds is 8. The van der Waals surface area contributed by atoms with Gasteiger partial charge in [0.05, 0.1) is 6.26 Å². The molecule has 2 rings (SSSR count). The largest absolute Gasteiger partial charge is 0.352 e. The standard InChI is InChI=1S/C18H29N3O3S/c1-3-4-5-9-19-18(22)17-8-6-7-16(14-17)15-20-10-12-21(13-11-20)25(2,23)24/h6-8,14H,3-5,9-13,15H2,1-2H3,(H,19,22). The molecule has 0 radical (unpaired) electrons. The Bertz CT molecular complexity index is 668. The van der Waals surface area contributed by atoms with Crippen molar-refractivity contribution in [2.75, 3.05) is 39.0 Å². The highest BCUT2D eigenvalue weighted by Gasteiger charge is 2.23. The summed E-state index contributed by atoms with van der Waals surface area (Å²) >= 11 is 0. The quantitative estimate of drug-likeness (QED) is 0.710. The number of carbonyl (C=O) groups excluding carboxylic acids is 1. The lowest BCUT2D eigenvalue weighted by Crippen LogP contribution is -2.47. The van der Waals surface area contributed by atoms with Crippen molar-refractivity contribution in [2.24, 2.45) is 0 Å². The topological polar surface area (TPSA) is 69.7 Å². The fourth-order valence-corrected chi connectivity index (χ4v) is 3.79. The molecule has 1 aliphatic rings. The van der Waals surface area contributed by atoms with Gasteiger partial charge in [-0.2, -0.15) is 4.31 Å². The summed E-state index contributed by atoms with van der Waals surface area (Å²) in [5.74, 6) is -0.0279. The van der Waals surface area contributed by atoms with Gasteiger partial charge in [0.2, 0.25) is 10.0 Å². The number of piperazine rings is 1. The van der Waals surface area contributed by atoms with E-state index in [0.717, 1.165) is 31.4 Å². The van der Waals surface area contributed by atoms with E-state index < -0.39 is 10.0 Å². The van der Waals surface area contributed by atoms with Crippen LogP contribution in [0.15, 0.2) is 24.3 Å². The van der Waals surface area contributed by atoms with E-state index in [9.17, 15) is 13.2 Å². The molecule has 0 bridgehead atoms. The van der Waals surface area contributed by atoms with Crippen molar-refractivity contribution in [1.29, 1.82) is 0 Å². The zero-order chi connectivity index (χ0) is 18.3. The first-order chi connectivity index (χ1) is 11.9. The minimum Gasteiger partial charge on any atom is -0.352 e. The molecule has 1 aromatic rings. The Morgan fingerprint density at radius 2 is 1.88 bits per heavy atom. The molecule has 0 saturated carbocycles. The number of nitrogens with one attached hydrogen (secondary N) is 1. The molecule has 0 aliphatic carbocycles. The molecule has 6 nitrogen and oxygen atoms in total. The number of benzene rings is 1. The molecule has 1 aliphatic heterocycles. The minimum absolute atomic E-state index is 0.0279. The van der Waals surface area contributed by atoms with E-state index >= 15 is 0 Å². The van der Waals surface area contributed by atoms with Crippen molar-refractivity contribution in [3.05, 3.63) is 35.4 Å².